The Morgan fingerprint density at radius 1 is 1.18 bits per heavy atom. The number of rotatable bonds is 6. The van der Waals surface area contributed by atoms with Crippen molar-refractivity contribution in [1.29, 1.82) is 0 Å². The van der Waals surface area contributed by atoms with Crippen LogP contribution in [0.25, 0.3) is 0 Å². The molecule has 2 aromatic carbocycles. The van der Waals surface area contributed by atoms with Crippen molar-refractivity contribution in [2.45, 2.75) is 46.1 Å². The van der Waals surface area contributed by atoms with Crippen molar-refractivity contribution in [2.75, 3.05) is 26.2 Å². The fraction of sp³-hybridized carbons (Fsp3) is 0.444. The molecule has 1 amide bonds. The zero-order chi connectivity index (χ0) is 24.2. The first-order valence-corrected chi connectivity index (χ1v) is 12.0. The van der Waals surface area contributed by atoms with Crippen LogP contribution in [0.1, 0.15) is 54.5 Å². The van der Waals surface area contributed by atoms with Gasteiger partial charge < -0.3 is 4.74 Å². The maximum Gasteiger partial charge on any atom is 0.310 e. The molecule has 1 fully saturated rings. The number of ether oxygens (including phenoxy) is 1. The Balaban J connectivity index is 1.58. The van der Waals surface area contributed by atoms with Crippen LogP contribution in [-0.2, 0) is 14.3 Å². The number of hydrogen-bond donors (Lipinski definition) is 0. The molecule has 6 nitrogen and oxygen atoms in total. The minimum Gasteiger partial charge on any atom is -0.466 e. The number of hydrazone groups is 1. The molecule has 1 saturated heterocycles. The predicted octanol–water partition coefficient (Wildman–Crippen LogP) is 4.40. The summed E-state index contributed by atoms with van der Waals surface area (Å²) in [5.41, 5.74) is 4.40. The number of carbonyl (C=O) groups is 2. The Kier molecular flexibility index (Phi) is 7.41. The molecular weight excluding hydrogens is 433 g/mol. The van der Waals surface area contributed by atoms with Gasteiger partial charge in [0.15, 0.2) is 0 Å². The number of nitrogens with zero attached hydrogens (tertiary/aromatic N) is 3. The van der Waals surface area contributed by atoms with Gasteiger partial charge in [-0.15, -0.1) is 0 Å². The van der Waals surface area contributed by atoms with Gasteiger partial charge in [0.2, 0.25) is 0 Å². The second kappa shape index (κ2) is 10.5. The van der Waals surface area contributed by atoms with Gasteiger partial charge in [0.1, 0.15) is 5.82 Å². The summed E-state index contributed by atoms with van der Waals surface area (Å²) >= 11 is 0. The lowest BCUT2D eigenvalue weighted by Gasteiger charge is -2.32. The summed E-state index contributed by atoms with van der Waals surface area (Å²) in [6.45, 7) is 7.52. The third-order valence-corrected chi connectivity index (χ3v) is 6.62. The molecular formula is C27H32FN3O3. The second-order valence-electron chi connectivity index (χ2n) is 9.17. The van der Waals surface area contributed by atoms with Crippen LogP contribution >= 0.6 is 0 Å². The minimum atomic E-state index is -0.505. The molecule has 0 saturated carbocycles. The van der Waals surface area contributed by atoms with Gasteiger partial charge in [0.25, 0.3) is 5.91 Å². The quantitative estimate of drug-likeness (QED) is 0.594. The molecule has 2 heterocycles. The number of piperidine rings is 1. The molecule has 0 radical (unpaired) electrons. The maximum absolute atomic E-state index is 14.8. The van der Waals surface area contributed by atoms with Crippen molar-refractivity contribution in [3.8, 4) is 0 Å². The summed E-state index contributed by atoms with van der Waals surface area (Å²) in [7, 11) is 0. The lowest BCUT2D eigenvalue weighted by atomic mass is 9.94. The van der Waals surface area contributed by atoms with Gasteiger partial charge in [0, 0.05) is 24.1 Å². The van der Waals surface area contributed by atoms with Crippen molar-refractivity contribution < 1.29 is 18.7 Å². The van der Waals surface area contributed by atoms with Gasteiger partial charge >= 0.3 is 5.97 Å². The van der Waals surface area contributed by atoms with Crippen molar-refractivity contribution in [1.82, 2.24) is 9.91 Å². The van der Waals surface area contributed by atoms with E-state index in [0.717, 1.165) is 41.8 Å². The van der Waals surface area contributed by atoms with Crippen molar-refractivity contribution >= 4 is 17.6 Å². The third kappa shape index (κ3) is 5.20. The standard InChI is InChI=1S/C27H32FN3O3/c1-4-34-27(33)20-8-7-13-30(16-20)17-26(32)31-25(21-9-5-6-10-23(21)28)15-24(29-31)22-14-18(2)11-12-19(22)3/h5-6,9-12,14,20,25H,4,7-8,13,15-17H2,1-3H3/t20-,25-/m1/s1. The molecule has 4 rings (SSSR count). The van der Waals surface area contributed by atoms with Crippen LogP contribution in [0, 0.1) is 25.6 Å². The summed E-state index contributed by atoms with van der Waals surface area (Å²) < 4.78 is 20.0. The highest BCUT2D eigenvalue weighted by Gasteiger charge is 2.36. The first-order valence-electron chi connectivity index (χ1n) is 12.0. The fourth-order valence-corrected chi connectivity index (χ4v) is 4.85. The van der Waals surface area contributed by atoms with Gasteiger partial charge in [-0.05, 0) is 57.9 Å². The van der Waals surface area contributed by atoms with E-state index in [1.807, 2.05) is 30.9 Å². The molecule has 0 unspecified atom stereocenters. The highest BCUT2D eigenvalue weighted by atomic mass is 19.1. The second-order valence-corrected chi connectivity index (χ2v) is 9.17. The molecule has 2 aromatic rings. The lowest BCUT2D eigenvalue weighted by molar-refractivity contribution is -0.150. The Morgan fingerprint density at radius 2 is 1.97 bits per heavy atom. The maximum atomic E-state index is 14.8. The average Bonchev–Trinajstić information content (AvgIpc) is 3.26. The summed E-state index contributed by atoms with van der Waals surface area (Å²) in [4.78, 5) is 27.7. The molecule has 0 N–H and O–H groups in total. The Morgan fingerprint density at radius 3 is 2.74 bits per heavy atom. The molecule has 7 heteroatoms. The number of carbonyl (C=O) groups excluding carboxylic acids is 2. The number of hydrogen-bond acceptors (Lipinski definition) is 5. The Labute approximate surface area is 200 Å². The van der Waals surface area contributed by atoms with Crippen LogP contribution in [0.3, 0.4) is 0 Å². The third-order valence-electron chi connectivity index (χ3n) is 6.62. The molecule has 0 aromatic heterocycles. The summed E-state index contributed by atoms with van der Waals surface area (Å²) in [6.07, 6.45) is 2.03. The van der Waals surface area contributed by atoms with Crippen molar-refractivity contribution in [3.05, 3.63) is 70.5 Å². The van der Waals surface area contributed by atoms with Gasteiger partial charge in [0.05, 0.1) is 30.8 Å². The molecule has 2 aliphatic heterocycles. The molecule has 0 aliphatic carbocycles. The van der Waals surface area contributed by atoms with E-state index in [1.54, 1.807) is 25.1 Å². The molecule has 180 valence electrons. The van der Waals surface area contributed by atoms with Gasteiger partial charge in [-0.3, -0.25) is 14.5 Å². The van der Waals surface area contributed by atoms with E-state index in [0.29, 0.717) is 25.1 Å². The van der Waals surface area contributed by atoms with E-state index in [1.165, 1.54) is 11.1 Å². The van der Waals surface area contributed by atoms with Crippen LogP contribution in [0.15, 0.2) is 47.6 Å². The predicted molar refractivity (Wildman–Crippen MR) is 129 cm³/mol. The minimum absolute atomic E-state index is 0.129. The average molecular weight is 466 g/mol. The number of halogens is 1. The highest BCUT2D eigenvalue weighted by molar-refractivity contribution is 6.04. The monoisotopic (exact) mass is 465 g/mol. The van der Waals surface area contributed by atoms with Crippen LogP contribution in [-0.4, -0.2) is 53.7 Å². The zero-order valence-electron chi connectivity index (χ0n) is 20.1. The van der Waals surface area contributed by atoms with Crippen molar-refractivity contribution in [3.63, 3.8) is 0 Å². The topological polar surface area (TPSA) is 62.2 Å². The van der Waals surface area contributed by atoms with E-state index in [9.17, 15) is 14.0 Å². The molecule has 2 atom stereocenters. The molecule has 0 bridgehead atoms. The van der Waals surface area contributed by atoms with E-state index >= 15 is 0 Å². The van der Waals surface area contributed by atoms with Gasteiger partial charge in [-0.25, -0.2) is 9.40 Å². The van der Waals surface area contributed by atoms with Gasteiger partial charge in [-0.2, -0.15) is 5.10 Å². The lowest BCUT2D eigenvalue weighted by Crippen LogP contribution is -2.45. The smallest absolute Gasteiger partial charge is 0.310 e. The van der Waals surface area contributed by atoms with E-state index < -0.39 is 6.04 Å². The number of amides is 1. The molecule has 34 heavy (non-hydrogen) atoms. The fourth-order valence-electron chi connectivity index (χ4n) is 4.85. The van der Waals surface area contributed by atoms with Crippen LogP contribution in [0.4, 0.5) is 4.39 Å². The molecule has 2 aliphatic rings. The first-order chi connectivity index (χ1) is 16.4. The SMILES string of the molecule is CCOC(=O)[C@@H]1CCCN(CC(=O)N2N=C(c3cc(C)ccc3C)C[C@@H]2c2ccccc2F)C1. The van der Waals surface area contributed by atoms with E-state index in [-0.39, 0.29) is 30.2 Å². The van der Waals surface area contributed by atoms with E-state index in [4.69, 9.17) is 9.84 Å². The van der Waals surface area contributed by atoms with Crippen LogP contribution in [0.2, 0.25) is 0 Å². The summed E-state index contributed by atoms with van der Waals surface area (Å²) in [6, 6.07) is 12.2. The number of aryl methyl sites for hydroxylation is 2. The highest BCUT2D eigenvalue weighted by Crippen LogP contribution is 2.35. The Hall–Kier alpha value is -3.06. The molecule has 0 spiro atoms. The van der Waals surface area contributed by atoms with E-state index in [2.05, 4.69) is 6.07 Å². The zero-order valence-corrected chi connectivity index (χ0v) is 20.1. The number of likely N-dealkylation sites (tertiary alicyclic amines) is 1. The Bertz CT molecular complexity index is 1100. The number of esters is 1. The van der Waals surface area contributed by atoms with Crippen LogP contribution in [0.5, 0.6) is 0 Å². The van der Waals surface area contributed by atoms with Crippen molar-refractivity contribution in [2.24, 2.45) is 11.0 Å². The van der Waals surface area contributed by atoms with Crippen LogP contribution < -0.4 is 0 Å². The summed E-state index contributed by atoms with van der Waals surface area (Å²) in [5.74, 6) is -0.974. The number of benzene rings is 2. The summed E-state index contributed by atoms with van der Waals surface area (Å²) in [5, 5.41) is 6.17. The normalized spacial score (nSPS) is 20.8. The first kappa shape index (κ1) is 24.1. The van der Waals surface area contributed by atoms with Gasteiger partial charge in [-0.1, -0.05) is 35.9 Å². The largest absolute Gasteiger partial charge is 0.466 e.